The maximum absolute atomic E-state index is 13.3. The summed E-state index contributed by atoms with van der Waals surface area (Å²) in [6.45, 7) is 1.89. The minimum atomic E-state index is -0.345. The first-order valence-corrected chi connectivity index (χ1v) is 9.54. The highest BCUT2D eigenvalue weighted by molar-refractivity contribution is 5.93. The van der Waals surface area contributed by atoms with Crippen LogP contribution in [0.5, 0.6) is 0 Å². The zero-order chi connectivity index (χ0) is 18.0. The lowest BCUT2D eigenvalue weighted by Gasteiger charge is -2.23. The number of hydrogen-bond donors (Lipinski definition) is 1. The Hall–Kier alpha value is -2.14. The SMILES string of the molecule is COCCn1cncc1CNC(=O)C1(c2ccccc2)CC12CCCC2. The number of rotatable bonds is 7. The van der Waals surface area contributed by atoms with E-state index in [9.17, 15) is 4.79 Å². The van der Waals surface area contributed by atoms with Crippen molar-refractivity contribution in [2.24, 2.45) is 5.41 Å². The fourth-order valence-corrected chi connectivity index (χ4v) is 4.91. The second-order valence-corrected chi connectivity index (χ2v) is 7.69. The number of carbonyl (C=O) groups is 1. The summed E-state index contributed by atoms with van der Waals surface area (Å²) in [5.74, 6) is 0.171. The topological polar surface area (TPSA) is 56.1 Å². The number of benzene rings is 1. The van der Waals surface area contributed by atoms with Crippen LogP contribution in [-0.2, 0) is 28.0 Å². The third-order valence-corrected chi connectivity index (χ3v) is 6.36. The van der Waals surface area contributed by atoms with Gasteiger partial charge in [-0.3, -0.25) is 4.79 Å². The highest BCUT2D eigenvalue weighted by Gasteiger charge is 2.72. The van der Waals surface area contributed by atoms with E-state index < -0.39 is 0 Å². The first-order chi connectivity index (χ1) is 12.7. The Bertz CT molecular complexity index is 765. The van der Waals surface area contributed by atoms with Crippen molar-refractivity contribution in [1.29, 1.82) is 0 Å². The van der Waals surface area contributed by atoms with Crippen molar-refractivity contribution in [2.45, 2.75) is 50.6 Å². The summed E-state index contributed by atoms with van der Waals surface area (Å²) in [4.78, 5) is 17.6. The van der Waals surface area contributed by atoms with Crippen LogP contribution in [0.3, 0.4) is 0 Å². The third kappa shape index (κ3) is 2.75. The van der Waals surface area contributed by atoms with Crippen LogP contribution >= 0.6 is 0 Å². The molecular weight excluding hydrogens is 326 g/mol. The van der Waals surface area contributed by atoms with Crippen LogP contribution in [-0.4, -0.2) is 29.2 Å². The molecule has 1 atom stereocenters. The Kier molecular flexibility index (Phi) is 4.57. The fourth-order valence-electron chi connectivity index (χ4n) is 4.91. The molecule has 2 aromatic rings. The summed E-state index contributed by atoms with van der Waals surface area (Å²) in [6.07, 6.45) is 9.42. The van der Waals surface area contributed by atoms with Crippen molar-refractivity contribution in [1.82, 2.24) is 14.9 Å². The van der Waals surface area contributed by atoms with Gasteiger partial charge in [0.2, 0.25) is 5.91 Å². The van der Waals surface area contributed by atoms with Gasteiger partial charge in [0.25, 0.3) is 0 Å². The minimum Gasteiger partial charge on any atom is -0.383 e. The predicted molar refractivity (Wildman–Crippen MR) is 99.6 cm³/mol. The maximum Gasteiger partial charge on any atom is 0.231 e. The van der Waals surface area contributed by atoms with E-state index in [1.54, 1.807) is 13.4 Å². The highest BCUT2D eigenvalue weighted by atomic mass is 16.5. The highest BCUT2D eigenvalue weighted by Crippen LogP contribution is 2.72. The van der Waals surface area contributed by atoms with Gasteiger partial charge in [0.1, 0.15) is 0 Å². The molecule has 26 heavy (non-hydrogen) atoms. The molecule has 1 N–H and O–H groups in total. The molecule has 2 fully saturated rings. The van der Waals surface area contributed by atoms with Crippen molar-refractivity contribution in [3.8, 4) is 0 Å². The number of imidazole rings is 1. The van der Waals surface area contributed by atoms with E-state index in [4.69, 9.17) is 4.74 Å². The average molecular weight is 353 g/mol. The molecule has 0 bridgehead atoms. The summed E-state index contributed by atoms with van der Waals surface area (Å²) in [5.41, 5.74) is 2.02. The lowest BCUT2D eigenvalue weighted by atomic mass is 9.84. The Morgan fingerprint density at radius 2 is 2.04 bits per heavy atom. The molecule has 0 radical (unpaired) electrons. The van der Waals surface area contributed by atoms with Gasteiger partial charge in [0.15, 0.2) is 0 Å². The molecule has 2 aliphatic rings. The van der Waals surface area contributed by atoms with Crippen LogP contribution in [0, 0.1) is 5.41 Å². The summed E-state index contributed by atoms with van der Waals surface area (Å²) in [6, 6.07) is 10.4. The zero-order valence-electron chi connectivity index (χ0n) is 15.4. The molecule has 1 spiro atoms. The summed E-state index contributed by atoms with van der Waals surface area (Å²) in [5, 5.41) is 3.21. The number of aromatic nitrogens is 2. The largest absolute Gasteiger partial charge is 0.383 e. The van der Waals surface area contributed by atoms with E-state index in [-0.39, 0.29) is 16.7 Å². The first-order valence-electron chi connectivity index (χ1n) is 9.54. The Morgan fingerprint density at radius 1 is 1.27 bits per heavy atom. The molecule has 0 aliphatic heterocycles. The molecule has 2 aliphatic carbocycles. The van der Waals surface area contributed by atoms with Crippen molar-refractivity contribution < 1.29 is 9.53 Å². The van der Waals surface area contributed by atoms with E-state index in [1.807, 2.05) is 29.0 Å². The molecule has 2 saturated carbocycles. The molecular formula is C21H27N3O2. The van der Waals surface area contributed by atoms with Crippen LogP contribution in [0.2, 0.25) is 0 Å². The van der Waals surface area contributed by atoms with Crippen LogP contribution in [0.4, 0.5) is 0 Å². The van der Waals surface area contributed by atoms with Crippen LogP contribution < -0.4 is 5.32 Å². The first kappa shape index (κ1) is 17.3. The van der Waals surface area contributed by atoms with E-state index in [2.05, 4.69) is 22.4 Å². The number of amides is 1. The van der Waals surface area contributed by atoms with Crippen molar-refractivity contribution in [3.05, 3.63) is 54.1 Å². The standard InChI is InChI=1S/C21H27N3O2/c1-26-12-11-24-16-22-13-18(24)14-23-19(25)21(17-7-3-2-4-8-17)15-20(21)9-5-6-10-20/h2-4,7-8,13,16H,5-6,9-12,14-15H2,1H3,(H,23,25). The van der Waals surface area contributed by atoms with Crippen molar-refractivity contribution in [2.75, 3.05) is 13.7 Å². The summed E-state index contributed by atoms with van der Waals surface area (Å²) in [7, 11) is 1.69. The lowest BCUT2D eigenvalue weighted by Crippen LogP contribution is -2.38. The Morgan fingerprint density at radius 3 is 2.77 bits per heavy atom. The molecule has 1 unspecified atom stereocenters. The number of methoxy groups -OCH3 is 1. The Labute approximate surface area is 154 Å². The third-order valence-electron chi connectivity index (χ3n) is 6.36. The molecule has 1 heterocycles. The van der Waals surface area contributed by atoms with Crippen LogP contribution in [0.15, 0.2) is 42.9 Å². The van der Waals surface area contributed by atoms with Crippen molar-refractivity contribution >= 4 is 5.91 Å². The molecule has 5 nitrogen and oxygen atoms in total. The second-order valence-electron chi connectivity index (χ2n) is 7.69. The van der Waals surface area contributed by atoms with Gasteiger partial charge in [-0.2, -0.15) is 0 Å². The monoisotopic (exact) mass is 353 g/mol. The molecule has 138 valence electrons. The molecule has 1 aromatic heterocycles. The number of nitrogens with one attached hydrogen (secondary N) is 1. The van der Waals surface area contributed by atoms with Gasteiger partial charge in [-0.15, -0.1) is 0 Å². The average Bonchev–Trinajstić information content (AvgIpc) is 2.97. The fraction of sp³-hybridized carbons (Fsp3) is 0.524. The van der Waals surface area contributed by atoms with Gasteiger partial charge in [-0.05, 0) is 30.2 Å². The molecule has 5 heteroatoms. The summed E-state index contributed by atoms with van der Waals surface area (Å²) >= 11 is 0. The minimum absolute atomic E-state index is 0.171. The molecule has 1 amide bonds. The van der Waals surface area contributed by atoms with Gasteiger partial charge < -0.3 is 14.6 Å². The van der Waals surface area contributed by atoms with Gasteiger partial charge in [-0.25, -0.2) is 4.98 Å². The summed E-state index contributed by atoms with van der Waals surface area (Å²) < 4.78 is 7.18. The maximum atomic E-state index is 13.3. The number of nitrogens with zero attached hydrogens (tertiary/aromatic N) is 2. The molecule has 4 rings (SSSR count). The van der Waals surface area contributed by atoms with Crippen molar-refractivity contribution in [3.63, 3.8) is 0 Å². The quantitative estimate of drug-likeness (QED) is 0.832. The second kappa shape index (κ2) is 6.88. The Balaban J connectivity index is 1.51. The smallest absolute Gasteiger partial charge is 0.231 e. The van der Waals surface area contributed by atoms with E-state index in [1.165, 1.54) is 31.2 Å². The molecule has 0 saturated heterocycles. The normalized spacial score (nSPS) is 23.3. The van der Waals surface area contributed by atoms with Gasteiger partial charge in [0, 0.05) is 19.9 Å². The number of hydrogen-bond acceptors (Lipinski definition) is 3. The van der Waals surface area contributed by atoms with E-state index >= 15 is 0 Å². The van der Waals surface area contributed by atoms with Crippen LogP contribution in [0.25, 0.3) is 0 Å². The van der Waals surface area contributed by atoms with Crippen LogP contribution in [0.1, 0.15) is 43.4 Å². The van der Waals surface area contributed by atoms with Gasteiger partial charge >= 0.3 is 0 Å². The predicted octanol–water partition coefficient (Wildman–Crippen LogP) is 3.05. The lowest BCUT2D eigenvalue weighted by molar-refractivity contribution is -0.124. The number of ether oxygens (including phenoxy) is 1. The van der Waals surface area contributed by atoms with E-state index in [0.29, 0.717) is 13.2 Å². The van der Waals surface area contributed by atoms with Gasteiger partial charge in [-0.1, -0.05) is 43.2 Å². The van der Waals surface area contributed by atoms with E-state index in [0.717, 1.165) is 18.7 Å². The van der Waals surface area contributed by atoms with Gasteiger partial charge in [0.05, 0.1) is 30.6 Å². The number of carbonyl (C=O) groups excluding carboxylic acids is 1. The molecule has 1 aromatic carbocycles. The zero-order valence-corrected chi connectivity index (χ0v) is 15.4.